The Balaban J connectivity index is 2.84. The van der Waals surface area contributed by atoms with Crippen molar-refractivity contribution in [2.45, 2.75) is 0 Å². The summed E-state index contributed by atoms with van der Waals surface area (Å²) in [6.45, 7) is 6.88. The van der Waals surface area contributed by atoms with Crippen LogP contribution in [-0.4, -0.2) is 4.98 Å². The standard InChI is InChI=1S/C10H5BrN2/c1-12-7-2-3-10-8(6-7)9(11)4-5-13-10/h2-6H. The summed E-state index contributed by atoms with van der Waals surface area (Å²) in [6, 6.07) is 7.33. The van der Waals surface area contributed by atoms with Crippen LogP contribution in [0.3, 0.4) is 0 Å². The first kappa shape index (κ1) is 8.21. The van der Waals surface area contributed by atoms with Gasteiger partial charge >= 0.3 is 0 Å². The fourth-order valence-electron chi connectivity index (χ4n) is 1.17. The Morgan fingerprint density at radius 2 is 2.15 bits per heavy atom. The molecule has 3 heteroatoms. The quantitative estimate of drug-likeness (QED) is 0.636. The molecule has 0 atom stereocenters. The molecule has 2 aromatic rings. The molecule has 0 spiro atoms. The van der Waals surface area contributed by atoms with Crippen molar-refractivity contribution >= 4 is 32.5 Å². The van der Waals surface area contributed by atoms with Gasteiger partial charge in [0.15, 0.2) is 5.69 Å². The zero-order valence-electron chi connectivity index (χ0n) is 6.66. The lowest BCUT2D eigenvalue weighted by atomic mass is 10.2. The van der Waals surface area contributed by atoms with Crippen molar-refractivity contribution in [2.75, 3.05) is 0 Å². The van der Waals surface area contributed by atoms with Crippen LogP contribution in [0.25, 0.3) is 15.7 Å². The normalized spacial score (nSPS) is 9.85. The van der Waals surface area contributed by atoms with Gasteiger partial charge in [0.1, 0.15) is 0 Å². The molecular formula is C10H5BrN2. The second kappa shape index (κ2) is 3.15. The molecule has 0 bridgehead atoms. The van der Waals surface area contributed by atoms with E-state index >= 15 is 0 Å². The molecule has 0 amide bonds. The molecule has 0 unspecified atom stereocenters. The second-order valence-electron chi connectivity index (χ2n) is 2.61. The zero-order chi connectivity index (χ0) is 9.26. The first-order valence-electron chi connectivity index (χ1n) is 3.73. The van der Waals surface area contributed by atoms with Gasteiger partial charge in [-0.2, -0.15) is 0 Å². The number of rotatable bonds is 0. The van der Waals surface area contributed by atoms with E-state index in [9.17, 15) is 0 Å². The molecule has 2 nitrogen and oxygen atoms in total. The molecule has 1 aromatic heterocycles. The molecule has 2 rings (SSSR count). The second-order valence-corrected chi connectivity index (χ2v) is 3.46. The van der Waals surface area contributed by atoms with Crippen LogP contribution < -0.4 is 0 Å². The summed E-state index contributed by atoms with van der Waals surface area (Å²) in [5.74, 6) is 0. The van der Waals surface area contributed by atoms with E-state index in [1.807, 2.05) is 18.2 Å². The highest BCUT2D eigenvalue weighted by atomic mass is 79.9. The average molecular weight is 233 g/mol. The van der Waals surface area contributed by atoms with Crippen molar-refractivity contribution in [3.63, 3.8) is 0 Å². The lowest BCUT2D eigenvalue weighted by molar-refractivity contribution is 1.40. The molecule has 1 aromatic carbocycles. The maximum absolute atomic E-state index is 6.88. The zero-order valence-corrected chi connectivity index (χ0v) is 8.25. The first-order valence-corrected chi connectivity index (χ1v) is 4.52. The van der Waals surface area contributed by atoms with Crippen LogP contribution in [0.4, 0.5) is 5.69 Å². The lowest BCUT2D eigenvalue weighted by Crippen LogP contribution is -1.77. The summed E-state index contributed by atoms with van der Waals surface area (Å²) in [5.41, 5.74) is 1.54. The highest BCUT2D eigenvalue weighted by Crippen LogP contribution is 2.25. The predicted molar refractivity (Wildman–Crippen MR) is 55.7 cm³/mol. The molecule has 0 N–H and O–H groups in total. The van der Waals surface area contributed by atoms with Gasteiger partial charge in [-0.05, 0) is 18.2 Å². The summed E-state index contributed by atoms with van der Waals surface area (Å²) in [4.78, 5) is 7.55. The molecule has 0 fully saturated rings. The highest BCUT2D eigenvalue weighted by molar-refractivity contribution is 9.10. The van der Waals surface area contributed by atoms with E-state index in [2.05, 4.69) is 25.8 Å². The van der Waals surface area contributed by atoms with Crippen LogP contribution in [0.2, 0.25) is 0 Å². The minimum atomic E-state index is 0.640. The highest BCUT2D eigenvalue weighted by Gasteiger charge is 1.99. The van der Waals surface area contributed by atoms with Crippen molar-refractivity contribution in [3.05, 3.63) is 46.4 Å². The van der Waals surface area contributed by atoms with Crippen LogP contribution in [-0.2, 0) is 0 Å². The van der Waals surface area contributed by atoms with Gasteiger partial charge in [0, 0.05) is 16.1 Å². The number of halogens is 1. The van der Waals surface area contributed by atoms with E-state index in [1.165, 1.54) is 0 Å². The molecule has 13 heavy (non-hydrogen) atoms. The minimum absolute atomic E-state index is 0.640. The summed E-state index contributed by atoms with van der Waals surface area (Å²) >= 11 is 3.42. The van der Waals surface area contributed by atoms with E-state index in [4.69, 9.17) is 6.57 Å². The van der Waals surface area contributed by atoms with Crippen molar-refractivity contribution in [2.24, 2.45) is 0 Å². The van der Waals surface area contributed by atoms with Crippen LogP contribution in [0.1, 0.15) is 0 Å². The number of benzene rings is 1. The molecule has 0 aliphatic heterocycles. The molecule has 0 aliphatic rings. The van der Waals surface area contributed by atoms with E-state index in [0.29, 0.717) is 5.69 Å². The third-order valence-corrected chi connectivity index (χ3v) is 2.49. The van der Waals surface area contributed by atoms with E-state index in [-0.39, 0.29) is 0 Å². The van der Waals surface area contributed by atoms with E-state index in [0.717, 1.165) is 15.4 Å². The fraction of sp³-hybridized carbons (Fsp3) is 0. The Kier molecular flexibility index (Phi) is 1.99. The number of fused-ring (bicyclic) bond motifs is 1. The van der Waals surface area contributed by atoms with Gasteiger partial charge < -0.3 is 0 Å². The maximum Gasteiger partial charge on any atom is 0.188 e. The van der Waals surface area contributed by atoms with Gasteiger partial charge in [0.05, 0.1) is 12.1 Å². The number of pyridine rings is 1. The topological polar surface area (TPSA) is 17.2 Å². The molecule has 0 saturated carbocycles. The van der Waals surface area contributed by atoms with Gasteiger partial charge in [-0.1, -0.05) is 22.0 Å². The summed E-state index contributed by atoms with van der Waals surface area (Å²) in [6.07, 6.45) is 1.74. The summed E-state index contributed by atoms with van der Waals surface area (Å²) in [5, 5.41) is 0.982. The molecule has 0 saturated heterocycles. The number of hydrogen-bond donors (Lipinski definition) is 0. The Bertz CT molecular complexity index is 500. The van der Waals surface area contributed by atoms with Gasteiger partial charge in [-0.3, -0.25) is 4.98 Å². The monoisotopic (exact) mass is 232 g/mol. The van der Waals surface area contributed by atoms with E-state index < -0.39 is 0 Å². The number of hydrogen-bond acceptors (Lipinski definition) is 1. The molecular weight excluding hydrogens is 228 g/mol. The van der Waals surface area contributed by atoms with Gasteiger partial charge in [-0.15, -0.1) is 0 Å². The van der Waals surface area contributed by atoms with Gasteiger partial charge in [-0.25, -0.2) is 4.85 Å². The van der Waals surface area contributed by atoms with Crippen LogP contribution in [0.15, 0.2) is 34.9 Å². The van der Waals surface area contributed by atoms with Gasteiger partial charge in [0.2, 0.25) is 0 Å². The first-order chi connectivity index (χ1) is 6.31. The third-order valence-electron chi connectivity index (χ3n) is 1.80. The molecule has 0 aliphatic carbocycles. The molecule has 1 heterocycles. The molecule has 62 valence electrons. The summed E-state index contributed by atoms with van der Waals surface area (Å²) < 4.78 is 0.975. The van der Waals surface area contributed by atoms with Crippen molar-refractivity contribution < 1.29 is 0 Å². The maximum atomic E-state index is 6.88. The smallest absolute Gasteiger partial charge is 0.188 e. The van der Waals surface area contributed by atoms with Crippen LogP contribution >= 0.6 is 15.9 Å². The lowest BCUT2D eigenvalue weighted by Gasteiger charge is -1.98. The Morgan fingerprint density at radius 1 is 1.31 bits per heavy atom. The SMILES string of the molecule is [C-]#[N+]c1ccc2nccc(Br)c2c1. The van der Waals surface area contributed by atoms with Crippen LogP contribution in [0, 0.1) is 6.57 Å². The van der Waals surface area contributed by atoms with Crippen molar-refractivity contribution in [3.8, 4) is 0 Å². The van der Waals surface area contributed by atoms with Gasteiger partial charge in [0.25, 0.3) is 0 Å². The predicted octanol–water partition coefficient (Wildman–Crippen LogP) is 3.55. The fourth-order valence-corrected chi connectivity index (χ4v) is 1.61. The van der Waals surface area contributed by atoms with Crippen LogP contribution in [0.5, 0.6) is 0 Å². The largest absolute Gasteiger partial charge is 0.256 e. The van der Waals surface area contributed by atoms with Crippen molar-refractivity contribution in [1.82, 2.24) is 4.98 Å². The van der Waals surface area contributed by atoms with Crippen molar-refractivity contribution in [1.29, 1.82) is 0 Å². The Morgan fingerprint density at radius 3 is 2.92 bits per heavy atom. The average Bonchev–Trinajstić information content (AvgIpc) is 2.18. The molecule has 0 radical (unpaired) electrons. The Hall–Kier alpha value is -1.40. The Labute approximate surface area is 84.2 Å². The van der Waals surface area contributed by atoms with E-state index in [1.54, 1.807) is 12.3 Å². The summed E-state index contributed by atoms with van der Waals surface area (Å²) in [7, 11) is 0. The number of nitrogens with zero attached hydrogens (tertiary/aromatic N) is 2. The third kappa shape index (κ3) is 1.41. The number of aromatic nitrogens is 1. The minimum Gasteiger partial charge on any atom is -0.256 e.